The zero-order valence-electron chi connectivity index (χ0n) is 9.22. The van der Waals surface area contributed by atoms with Crippen molar-refractivity contribution < 1.29 is 4.74 Å². The van der Waals surface area contributed by atoms with Crippen molar-refractivity contribution in [3.05, 3.63) is 22.9 Å². The van der Waals surface area contributed by atoms with Gasteiger partial charge in [0.1, 0.15) is 12.4 Å². The molecule has 2 aromatic heterocycles. The van der Waals surface area contributed by atoms with Crippen LogP contribution in [0.15, 0.2) is 17.2 Å². The Morgan fingerprint density at radius 3 is 3.06 bits per heavy atom. The fourth-order valence-corrected chi connectivity index (χ4v) is 1.94. The molecule has 1 aliphatic heterocycles. The third-order valence-corrected chi connectivity index (χ3v) is 2.86. The normalized spacial score (nSPS) is 17.4. The summed E-state index contributed by atoms with van der Waals surface area (Å²) in [5.41, 5.74) is 0.231. The molecule has 7 heteroatoms. The maximum Gasteiger partial charge on any atom is 0.348 e. The molecule has 0 bridgehead atoms. The molecule has 1 aliphatic rings. The summed E-state index contributed by atoms with van der Waals surface area (Å²) in [7, 11) is 0. The highest BCUT2D eigenvalue weighted by Crippen LogP contribution is 2.14. The van der Waals surface area contributed by atoms with Crippen molar-refractivity contribution in [2.45, 2.75) is 18.9 Å². The SMILES string of the molecule is O=c1[nH]nc2cc(OC3CCNCC3)ncn12. The Labute approximate surface area is 96.8 Å². The minimum Gasteiger partial charge on any atom is -0.474 e. The summed E-state index contributed by atoms with van der Waals surface area (Å²) in [4.78, 5) is 15.3. The van der Waals surface area contributed by atoms with Crippen LogP contribution in [0.1, 0.15) is 12.8 Å². The first-order valence-electron chi connectivity index (χ1n) is 5.63. The van der Waals surface area contributed by atoms with Crippen LogP contribution in [0.5, 0.6) is 5.88 Å². The van der Waals surface area contributed by atoms with Gasteiger partial charge in [0.25, 0.3) is 0 Å². The van der Waals surface area contributed by atoms with Crippen LogP contribution >= 0.6 is 0 Å². The summed E-state index contributed by atoms with van der Waals surface area (Å²) in [6.45, 7) is 1.93. The summed E-state index contributed by atoms with van der Waals surface area (Å²) in [6, 6.07) is 1.67. The lowest BCUT2D eigenvalue weighted by Crippen LogP contribution is -2.34. The average molecular weight is 235 g/mol. The van der Waals surface area contributed by atoms with Crippen LogP contribution in [-0.2, 0) is 0 Å². The van der Waals surface area contributed by atoms with E-state index in [4.69, 9.17) is 4.74 Å². The van der Waals surface area contributed by atoms with E-state index in [0.717, 1.165) is 25.9 Å². The first-order valence-corrected chi connectivity index (χ1v) is 5.63. The third-order valence-electron chi connectivity index (χ3n) is 2.86. The standard InChI is InChI=1S/C10H13N5O2/c16-10-14-13-8-5-9(12-6-15(8)10)17-7-1-3-11-4-2-7/h5-7,11H,1-4H2,(H,14,16). The molecule has 0 amide bonds. The highest BCUT2D eigenvalue weighted by atomic mass is 16.5. The maximum absolute atomic E-state index is 11.2. The quantitative estimate of drug-likeness (QED) is 0.736. The molecular weight excluding hydrogens is 222 g/mol. The van der Waals surface area contributed by atoms with Crippen molar-refractivity contribution in [1.82, 2.24) is 24.9 Å². The van der Waals surface area contributed by atoms with Gasteiger partial charge in [-0.15, -0.1) is 0 Å². The van der Waals surface area contributed by atoms with Crippen molar-refractivity contribution >= 4 is 5.65 Å². The summed E-state index contributed by atoms with van der Waals surface area (Å²) >= 11 is 0. The highest BCUT2D eigenvalue weighted by molar-refractivity contribution is 5.39. The molecule has 0 saturated carbocycles. The Balaban J connectivity index is 1.82. The second-order valence-electron chi connectivity index (χ2n) is 4.05. The van der Waals surface area contributed by atoms with E-state index in [1.54, 1.807) is 6.07 Å². The molecule has 2 N–H and O–H groups in total. The molecule has 3 rings (SSSR count). The number of aromatic nitrogens is 4. The Morgan fingerprint density at radius 2 is 2.24 bits per heavy atom. The zero-order valence-corrected chi connectivity index (χ0v) is 9.22. The lowest BCUT2D eigenvalue weighted by atomic mass is 10.1. The number of piperidine rings is 1. The first-order chi connectivity index (χ1) is 8.33. The van der Waals surface area contributed by atoms with Crippen molar-refractivity contribution in [2.24, 2.45) is 0 Å². The molecule has 3 heterocycles. The van der Waals surface area contributed by atoms with Crippen LogP contribution < -0.4 is 15.7 Å². The predicted octanol–water partition coefficient (Wildman–Crippen LogP) is -0.452. The molecule has 90 valence electrons. The molecule has 0 spiro atoms. The van der Waals surface area contributed by atoms with Gasteiger partial charge < -0.3 is 10.1 Å². The van der Waals surface area contributed by atoms with Crippen LogP contribution in [0.3, 0.4) is 0 Å². The maximum atomic E-state index is 11.2. The number of hydrogen-bond donors (Lipinski definition) is 2. The van der Waals surface area contributed by atoms with E-state index < -0.39 is 0 Å². The van der Waals surface area contributed by atoms with Gasteiger partial charge in [-0.05, 0) is 25.9 Å². The number of nitrogens with zero attached hydrogens (tertiary/aromatic N) is 3. The van der Waals surface area contributed by atoms with Crippen LogP contribution in [0.25, 0.3) is 5.65 Å². The summed E-state index contributed by atoms with van der Waals surface area (Å²) in [5.74, 6) is 0.517. The Kier molecular flexibility index (Phi) is 2.52. The summed E-state index contributed by atoms with van der Waals surface area (Å²) in [6.07, 6.45) is 3.56. The molecular formula is C10H13N5O2. The topological polar surface area (TPSA) is 84.3 Å². The van der Waals surface area contributed by atoms with Gasteiger partial charge in [-0.25, -0.2) is 19.3 Å². The third kappa shape index (κ3) is 2.01. The number of ether oxygens (including phenoxy) is 1. The van der Waals surface area contributed by atoms with E-state index in [1.165, 1.54) is 10.7 Å². The molecule has 0 unspecified atom stereocenters. The Hall–Kier alpha value is -1.89. The van der Waals surface area contributed by atoms with Crippen molar-refractivity contribution in [1.29, 1.82) is 0 Å². The van der Waals surface area contributed by atoms with Gasteiger partial charge in [0, 0.05) is 6.07 Å². The molecule has 0 aromatic carbocycles. The minimum absolute atomic E-state index is 0.192. The molecule has 7 nitrogen and oxygen atoms in total. The van der Waals surface area contributed by atoms with Crippen LogP contribution in [0.2, 0.25) is 0 Å². The lowest BCUT2D eigenvalue weighted by molar-refractivity contribution is 0.156. The van der Waals surface area contributed by atoms with Crippen molar-refractivity contribution in [3.8, 4) is 5.88 Å². The minimum atomic E-state index is -0.291. The van der Waals surface area contributed by atoms with Gasteiger partial charge in [0.05, 0.1) is 0 Å². The van der Waals surface area contributed by atoms with Gasteiger partial charge in [-0.3, -0.25) is 0 Å². The monoisotopic (exact) mass is 235 g/mol. The van der Waals surface area contributed by atoms with Gasteiger partial charge in [-0.1, -0.05) is 0 Å². The number of hydrogen-bond acceptors (Lipinski definition) is 5. The number of fused-ring (bicyclic) bond motifs is 1. The van der Waals surface area contributed by atoms with E-state index in [-0.39, 0.29) is 11.8 Å². The van der Waals surface area contributed by atoms with Gasteiger partial charge in [0.2, 0.25) is 5.88 Å². The Morgan fingerprint density at radius 1 is 1.41 bits per heavy atom. The fraction of sp³-hybridized carbons (Fsp3) is 0.500. The smallest absolute Gasteiger partial charge is 0.348 e. The predicted molar refractivity (Wildman–Crippen MR) is 60.1 cm³/mol. The van der Waals surface area contributed by atoms with E-state index >= 15 is 0 Å². The molecule has 0 radical (unpaired) electrons. The van der Waals surface area contributed by atoms with Crippen LogP contribution in [-0.4, -0.2) is 38.8 Å². The molecule has 0 atom stereocenters. The van der Waals surface area contributed by atoms with Gasteiger partial charge >= 0.3 is 5.69 Å². The lowest BCUT2D eigenvalue weighted by Gasteiger charge is -2.23. The van der Waals surface area contributed by atoms with E-state index in [9.17, 15) is 4.79 Å². The van der Waals surface area contributed by atoms with E-state index in [0.29, 0.717) is 11.5 Å². The average Bonchev–Trinajstić information content (AvgIpc) is 2.72. The Bertz CT molecular complexity index is 569. The largest absolute Gasteiger partial charge is 0.474 e. The number of H-pyrrole nitrogens is 1. The molecule has 2 aromatic rings. The van der Waals surface area contributed by atoms with Gasteiger partial charge in [0.15, 0.2) is 5.65 Å². The number of aromatic amines is 1. The van der Waals surface area contributed by atoms with Crippen LogP contribution in [0.4, 0.5) is 0 Å². The second kappa shape index (κ2) is 4.17. The molecule has 17 heavy (non-hydrogen) atoms. The first kappa shape index (κ1) is 10.3. The van der Waals surface area contributed by atoms with E-state index in [1.807, 2.05) is 0 Å². The highest BCUT2D eigenvalue weighted by Gasteiger charge is 2.15. The van der Waals surface area contributed by atoms with Crippen molar-refractivity contribution in [3.63, 3.8) is 0 Å². The van der Waals surface area contributed by atoms with Crippen LogP contribution in [0, 0.1) is 0 Å². The molecule has 1 saturated heterocycles. The summed E-state index contributed by atoms with van der Waals surface area (Å²) in [5, 5.41) is 9.49. The van der Waals surface area contributed by atoms with E-state index in [2.05, 4.69) is 20.5 Å². The molecule has 1 fully saturated rings. The molecule has 0 aliphatic carbocycles. The number of rotatable bonds is 2. The van der Waals surface area contributed by atoms with Crippen molar-refractivity contribution in [2.75, 3.05) is 13.1 Å². The summed E-state index contributed by atoms with van der Waals surface area (Å²) < 4.78 is 7.09. The van der Waals surface area contributed by atoms with Gasteiger partial charge in [-0.2, -0.15) is 5.10 Å². The fourth-order valence-electron chi connectivity index (χ4n) is 1.94. The number of nitrogens with one attached hydrogen (secondary N) is 2. The zero-order chi connectivity index (χ0) is 11.7. The second-order valence-corrected chi connectivity index (χ2v) is 4.05.